The molecule has 3 rings (SSSR count). The second kappa shape index (κ2) is 9.86. The number of hydrogen-bond donors (Lipinski definition) is 1. The second-order valence-corrected chi connectivity index (χ2v) is 7.67. The van der Waals surface area contributed by atoms with Gasteiger partial charge >= 0.3 is 17.9 Å². The monoisotopic (exact) mass is 459 g/mol. The van der Waals surface area contributed by atoms with E-state index in [1.807, 2.05) is 6.92 Å². The van der Waals surface area contributed by atoms with Crippen LogP contribution in [-0.4, -0.2) is 52.5 Å². The van der Waals surface area contributed by atoms with Gasteiger partial charge in [-0.15, -0.1) is 0 Å². The molecule has 0 saturated carbocycles. The van der Waals surface area contributed by atoms with Gasteiger partial charge in [0.25, 0.3) is 5.56 Å². The van der Waals surface area contributed by atoms with Crippen molar-refractivity contribution in [1.82, 2.24) is 4.57 Å². The van der Waals surface area contributed by atoms with Crippen molar-refractivity contribution in [3.8, 4) is 16.9 Å². The molecule has 33 heavy (non-hydrogen) atoms. The van der Waals surface area contributed by atoms with E-state index in [1.54, 1.807) is 24.3 Å². The molecule has 4 unspecified atom stereocenters. The Morgan fingerprint density at radius 1 is 0.970 bits per heavy atom. The van der Waals surface area contributed by atoms with Crippen molar-refractivity contribution in [3.63, 3.8) is 0 Å². The van der Waals surface area contributed by atoms with E-state index in [9.17, 15) is 24.3 Å². The average Bonchev–Trinajstić information content (AvgIpc) is 3.04. The summed E-state index contributed by atoms with van der Waals surface area (Å²) in [5.74, 6) is -2.19. The van der Waals surface area contributed by atoms with Crippen LogP contribution in [0.2, 0.25) is 0 Å². The summed E-state index contributed by atoms with van der Waals surface area (Å²) in [6.45, 7) is 5.14. The zero-order valence-electron chi connectivity index (χ0n) is 18.6. The normalized spacial score (nSPS) is 21.9. The maximum atomic E-state index is 13.4. The molecule has 4 atom stereocenters. The predicted molar refractivity (Wildman–Crippen MR) is 114 cm³/mol. The molecule has 0 spiro atoms. The number of aromatic hydroxyl groups is 1. The SMILES string of the molecule is CC(=O)OCC1OC(n2ccc(O)c(-c3ccc(C)cc3)c2=O)C(OC(C)=O)C1OC(C)=O. The fraction of sp³-hybridized carbons (Fsp3) is 0.391. The zero-order chi connectivity index (χ0) is 24.3. The first-order valence-electron chi connectivity index (χ1n) is 10.2. The number of hydrogen-bond acceptors (Lipinski definition) is 9. The highest BCUT2D eigenvalue weighted by molar-refractivity contribution is 5.69. The van der Waals surface area contributed by atoms with Crippen molar-refractivity contribution in [1.29, 1.82) is 0 Å². The molecular formula is C23H25NO9. The molecule has 1 aliphatic heterocycles. The number of carbonyl (C=O) groups is 3. The Balaban J connectivity index is 2.08. The van der Waals surface area contributed by atoms with Crippen LogP contribution < -0.4 is 5.56 Å². The number of aryl methyl sites for hydroxylation is 1. The number of nitrogens with zero attached hydrogens (tertiary/aromatic N) is 1. The van der Waals surface area contributed by atoms with Gasteiger partial charge in [-0.2, -0.15) is 0 Å². The summed E-state index contributed by atoms with van der Waals surface area (Å²) in [4.78, 5) is 48.2. The van der Waals surface area contributed by atoms with Crippen molar-refractivity contribution in [2.45, 2.75) is 52.2 Å². The lowest BCUT2D eigenvalue weighted by Crippen LogP contribution is -2.41. The molecule has 0 aliphatic carbocycles. The minimum absolute atomic E-state index is 0.0233. The van der Waals surface area contributed by atoms with Crippen LogP contribution in [0.5, 0.6) is 5.75 Å². The Morgan fingerprint density at radius 3 is 2.15 bits per heavy atom. The van der Waals surface area contributed by atoms with E-state index >= 15 is 0 Å². The fourth-order valence-electron chi connectivity index (χ4n) is 3.65. The summed E-state index contributed by atoms with van der Waals surface area (Å²) in [6.07, 6.45) is -3.28. The lowest BCUT2D eigenvalue weighted by Gasteiger charge is -2.24. The Labute approximate surface area is 189 Å². The largest absolute Gasteiger partial charge is 0.507 e. The third-order valence-electron chi connectivity index (χ3n) is 5.05. The van der Waals surface area contributed by atoms with Crippen molar-refractivity contribution >= 4 is 17.9 Å². The summed E-state index contributed by atoms with van der Waals surface area (Å²) in [5.41, 5.74) is 0.861. The molecule has 1 N–H and O–H groups in total. The Hall–Kier alpha value is -3.66. The van der Waals surface area contributed by atoms with Gasteiger partial charge in [-0.25, -0.2) is 0 Å². The highest BCUT2D eigenvalue weighted by atomic mass is 16.7. The first kappa shape index (κ1) is 24.0. The van der Waals surface area contributed by atoms with Gasteiger partial charge in [0.2, 0.25) is 0 Å². The first-order chi connectivity index (χ1) is 15.6. The van der Waals surface area contributed by atoms with Gasteiger partial charge in [-0.1, -0.05) is 29.8 Å². The quantitative estimate of drug-likeness (QED) is 0.508. The standard InChI is InChI=1S/C23H25NO9/c1-12-5-7-16(8-6-12)19-17(28)9-10-24(22(19)29)23-21(32-15(4)27)20(31-14(3)26)18(33-23)11-30-13(2)25/h5-10,18,20-21,23,28H,11H2,1-4H3. The minimum atomic E-state index is -1.21. The highest BCUT2D eigenvalue weighted by Gasteiger charge is 2.51. The Morgan fingerprint density at radius 2 is 1.58 bits per heavy atom. The number of rotatable bonds is 6. The maximum absolute atomic E-state index is 13.4. The first-order valence-corrected chi connectivity index (χ1v) is 10.2. The summed E-state index contributed by atoms with van der Waals surface area (Å²) in [7, 11) is 0. The molecule has 1 aromatic carbocycles. The topological polar surface area (TPSA) is 130 Å². The maximum Gasteiger partial charge on any atom is 0.303 e. The molecule has 0 bridgehead atoms. The predicted octanol–water partition coefficient (Wildman–Crippen LogP) is 1.85. The van der Waals surface area contributed by atoms with E-state index < -0.39 is 48.0 Å². The molecule has 10 nitrogen and oxygen atoms in total. The molecule has 1 fully saturated rings. The Kier molecular flexibility index (Phi) is 7.17. The molecule has 1 aliphatic rings. The fourth-order valence-corrected chi connectivity index (χ4v) is 3.65. The number of aromatic nitrogens is 1. The molecular weight excluding hydrogens is 434 g/mol. The third-order valence-corrected chi connectivity index (χ3v) is 5.05. The summed E-state index contributed by atoms with van der Waals surface area (Å²) >= 11 is 0. The number of pyridine rings is 1. The smallest absolute Gasteiger partial charge is 0.303 e. The molecule has 0 amide bonds. The van der Waals surface area contributed by atoms with Gasteiger partial charge in [-0.3, -0.25) is 23.7 Å². The third kappa shape index (κ3) is 5.40. The van der Waals surface area contributed by atoms with Gasteiger partial charge in [0, 0.05) is 27.0 Å². The van der Waals surface area contributed by atoms with Gasteiger partial charge in [0.05, 0.1) is 5.56 Å². The molecule has 2 aromatic rings. The van der Waals surface area contributed by atoms with Gasteiger partial charge in [-0.05, 0) is 18.6 Å². The van der Waals surface area contributed by atoms with Gasteiger partial charge in [0.1, 0.15) is 18.5 Å². The van der Waals surface area contributed by atoms with Crippen LogP contribution in [0.4, 0.5) is 0 Å². The van der Waals surface area contributed by atoms with Crippen molar-refractivity contribution < 1.29 is 38.4 Å². The number of ether oxygens (including phenoxy) is 4. The minimum Gasteiger partial charge on any atom is -0.507 e. The van der Waals surface area contributed by atoms with E-state index in [2.05, 4.69) is 0 Å². The molecule has 2 heterocycles. The molecule has 10 heteroatoms. The number of esters is 3. The highest BCUT2D eigenvalue weighted by Crippen LogP contribution is 2.35. The zero-order valence-corrected chi connectivity index (χ0v) is 18.6. The van der Waals surface area contributed by atoms with Crippen LogP contribution >= 0.6 is 0 Å². The summed E-state index contributed by atoms with van der Waals surface area (Å²) in [5, 5.41) is 10.4. The molecule has 1 saturated heterocycles. The van der Waals surface area contributed by atoms with Crippen LogP contribution in [0.15, 0.2) is 41.3 Å². The number of carbonyl (C=O) groups excluding carboxylic acids is 3. The molecule has 176 valence electrons. The summed E-state index contributed by atoms with van der Waals surface area (Å²) < 4.78 is 22.7. The lowest BCUT2D eigenvalue weighted by molar-refractivity contribution is -0.166. The van der Waals surface area contributed by atoms with Crippen LogP contribution in [0.1, 0.15) is 32.6 Å². The molecule has 1 aromatic heterocycles. The van der Waals surface area contributed by atoms with Gasteiger partial charge < -0.3 is 24.1 Å². The van der Waals surface area contributed by atoms with E-state index in [-0.39, 0.29) is 17.9 Å². The van der Waals surface area contributed by atoms with E-state index in [1.165, 1.54) is 33.0 Å². The lowest BCUT2D eigenvalue weighted by atomic mass is 10.0. The Bertz CT molecular complexity index is 1110. The average molecular weight is 459 g/mol. The van der Waals surface area contributed by atoms with E-state index in [4.69, 9.17) is 18.9 Å². The van der Waals surface area contributed by atoms with Crippen LogP contribution in [-0.2, 0) is 33.3 Å². The van der Waals surface area contributed by atoms with Crippen molar-refractivity contribution in [2.24, 2.45) is 0 Å². The van der Waals surface area contributed by atoms with Gasteiger partial charge in [0.15, 0.2) is 18.4 Å². The second-order valence-electron chi connectivity index (χ2n) is 7.67. The summed E-state index contributed by atoms with van der Waals surface area (Å²) in [6, 6.07) is 8.29. The van der Waals surface area contributed by atoms with E-state index in [0.29, 0.717) is 5.56 Å². The molecule has 0 radical (unpaired) electrons. The number of benzene rings is 1. The van der Waals surface area contributed by atoms with Crippen molar-refractivity contribution in [3.05, 3.63) is 52.4 Å². The van der Waals surface area contributed by atoms with Crippen molar-refractivity contribution in [2.75, 3.05) is 6.61 Å². The van der Waals surface area contributed by atoms with Crippen LogP contribution in [0, 0.1) is 6.92 Å². The van der Waals surface area contributed by atoms with E-state index in [0.717, 1.165) is 10.1 Å². The van der Waals surface area contributed by atoms with Crippen LogP contribution in [0.3, 0.4) is 0 Å². The van der Waals surface area contributed by atoms with Crippen LogP contribution in [0.25, 0.3) is 11.1 Å².